The fourth-order valence-corrected chi connectivity index (χ4v) is 2.03. The number of methoxy groups -OCH3 is 1. The number of nitrogens with two attached hydrogens (primary N) is 1. The maximum absolute atomic E-state index is 6.16. The number of ether oxygens (including phenoxy) is 1. The van der Waals surface area contributed by atoms with Crippen LogP contribution in [0.4, 0.5) is 0 Å². The van der Waals surface area contributed by atoms with Crippen molar-refractivity contribution >= 4 is 0 Å². The van der Waals surface area contributed by atoms with Crippen LogP contribution in [0.5, 0.6) is 0 Å². The van der Waals surface area contributed by atoms with Crippen LogP contribution in [0.25, 0.3) is 0 Å². The molecule has 0 spiro atoms. The lowest BCUT2D eigenvalue weighted by Gasteiger charge is -2.44. The van der Waals surface area contributed by atoms with Gasteiger partial charge in [0.1, 0.15) is 0 Å². The Hall–Kier alpha value is -0.120. The highest BCUT2D eigenvalue weighted by molar-refractivity contribution is 4.93. The van der Waals surface area contributed by atoms with Crippen LogP contribution in [0.2, 0.25) is 0 Å². The lowest BCUT2D eigenvalue weighted by atomic mass is 9.88. The molecule has 2 atom stereocenters. The molecule has 0 aliphatic heterocycles. The van der Waals surface area contributed by atoms with E-state index in [0.717, 1.165) is 19.5 Å². The molecule has 0 fully saturated rings. The molecule has 0 aliphatic rings. The molecule has 86 valence electrons. The first kappa shape index (κ1) is 13.9. The Kier molecular flexibility index (Phi) is 6.33. The molecule has 0 aromatic rings. The van der Waals surface area contributed by atoms with Gasteiger partial charge >= 0.3 is 0 Å². The van der Waals surface area contributed by atoms with E-state index in [1.165, 1.54) is 0 Å². The van der Waals surface area contributed by atoms with Crippen LogP contribution < -0.4 is 5.73 Å². The first-order valence-corrected chi connectivity index (χ1v) is 5.56. The molecule has 0 aliphatic carbocycles. The average molecular weight is 202 g/mol. The Balaban J connectivity index is 4.57. The monoisotopic (exact) mass is 202 g/mol. The van der Waals surface area contributed by atoms with Gasteiger partial charge in [0.15, 0.2) is 0 Å². The van der Waals surface area contributed by atoms with Crippen molar-refractivity contribution in [2.45, 2.75) is 45.7 Å². The summed E-state index contributed by atoms with van der Waals surface area (Å²) in [7, 11) is 1.71. The first-order valence-electron chi connectivity index (χ1n) is 5.56. The van der Waals surface area contributed by atoms with Crippen molar-refractivity contribution in [2.24, 2.45) is 5.73 Å². The molecule has 0 aromatic heterocycles. The smallest absolute Gasteiger partial charge is 0.0631 e. The second-order valence-corrected chi connectivity index (χ2v) is 3.94. The van der Waals surface area contributed by atoms with Crippen molar-refractivity contribution in [3.63, 3.8) is 0 Å². The van der Waals surface area contributed by atoms with Crippen LogP contribution in [-0.4, -0.2) is 43.3 Å². The summed E-state index contributed by atoms with van der Waals surface area (Å²) in [6.45, 7) is 11.5. The van der Waals surface area contributed by atoms with Gasteiger partial charge in [-0.25, -0.2) is 0 Å². The van der Waals surface area contributed by atoms with E-state index in [2.05, 4.69) is 32.6 Å². The third-order valence-electron chi connectivity index (χ3n) is 3.35. The molecule has 14 heavy (non-hydrogen) atoms. The Morgan fingerprint density at radius 2 is 1.79 bits per heavy atom. The molecule has 0 saturated carbocycles. The van der Waals surface area contributed by atoms with E-state index in [0.29, 0.717) is 6.61 Å². The van der Waals surface area contributed by atoms with Gasteiger partial charge in [-0.15, -0.1) is 0 Å². The second kappa shape index (κ2) is 6.38. The van der Waals surface area contributed by atoms with Crippen LogP contribution in [0.3, 0.4) is 0 Å². The van der Waals surface area contributed by atoms with E-state index in [1.807, 2.05) is 0 Å². The number of nitrogens with zero attached hydrogens (tertiary/aromatic N) is 1. The van der Waals surface area contributed by atoms with E-state index in [4.69, 9.17) is 10.5 Å². The van der Waals surface area contributed by atoms with E-state index in [1.54, 1.807) is 7.11 Å². The predicted molar refractivity (Wildman–Crippen MR) is 61.5 cm³/mol. The molecule has 0 aromatic carbocycles. The third-order valence-corrected chi connectivity index (χ3v) is 3.35. The minimum absolute atomic E-state index is 0.0551. The summed E-state index contributed by atoms with van der Waals surface area (Å²) in [6, 6.07) is 0.0809. The van der Waals surface area contributed by atoms with Crippen LogP contribution in [0.15, 0.2) is 0 Å². The summed E-state index contributed by atoms with van der Waals surface area (Å²) >= 11 is 0. The van der Waals surface area contributed by atoms with Crippen molar-refractivity contribution in [1.29, 1.82) is 0 Å². The fourth-order valence-electron chi connectivity index (χ4n) is 2.03. The molecule has 2 N–H and O–H groups in total. The van der Waals surface area contributed by atoms with Gasteiger partial charge in [-0.05, 0) is 26.4 Å². The van der Waals surface area contributed by atoms with Crippen molar-refractivity contribution in [3.05, 3.63) is 0 Å². The van der Waals surface area contributed by atoms with Crippen LogP contribution in [0.1, 0.15) is 34.1 Å². The van der Waals surface area contributed by atoms with E-state index < -0.39 is 0 Å². The van der Waals surface area contributed by atoms with Gasteiger partial charge in [0.05, 0.1) is 6.61 Å². The molecule has 2 unspecified atom stereocenters. The molecule has 0 saturated heterocycles. The SMILES string of the molecule is CCN(CC)C(C)(CC)C(N)COC. The first-order chi connectivity index (χ1) is 6.56. The summed E-state index contributed by atoms with van der Waals surface area (Å²) in [5, 5.41) is 0. The van der Waals surface area contributed by atoms with Gasteiger partial charge in [0, 0.05) is 18.7 Å². The maximum atomic E-state index is 6.16. The van der Waals surface area contributed by atoms with E-state index in [9.17, 15) is 0 Å². The zero-order valence-electron chi connectivity index (χ0n) is 10.3. The number of hydrogen-bond donors (Lipinski definition) is 1. The lowest BCUT2D eigenvalue weighted by Crippen LogP contribution is -2.59. The van der Waals surface area contributed by atoms with E-state index >= 15 is 0 Å². The number of hydrogen-bond acceptors (Lipinski definition) is 3. The standard InChI is InChI=1S/C11H26N2O/c1-6-11(4,10(12)9-14-5)13(7-2)8-3/h10H,6-9,12H2,1-5H3. The van der Waals surface area contributed by atoms with Gasteiger partial charge in [0.25, 0.3) is 0 Å². The van der Waals surface area contributed by atoms with Crippen molar-refractivity contribution in [2.75, 3.05) is 26.8 Å². The van der Waals surface area contributed by atoms with Crippen molar-refractivity contribution in [1.82, 2.24) is 4.90 Å². The molecule has 0 bridgehead atoms. The number of likely N-dealkylation sites (N-methyl/N-ethyl adjacent to an activating group) is 1. The van der Waals surface area contributed by atoms with Gasteiger partial charge in [-0.1, -0.05) is 20.8 Å². The minimum Gasteiger partial charge on any atom is -0.383 e. The molecular formula is C11H26N2O. The lowest BCUT2D eigenvalue weighted by molar-refractivity contribution is 0.0468. The Bertz CT molecular complexity index is 148. The largest absolute Gasteiger partial charge is 0.383 e. The minimum atomic E-state index is 0.0551. The summed E-state index contributed by atoms with van der Waals surface area (Å²) in [4.78, 5) is 2.41. The molecule has 0 heterocycles. The predicted octanol–water partition coefficient (Wildman–Crippen LogP) is 1.47. The topological polar surface area (TPSA) is 38.5 Å². The summed E-state index contributed by atoms with van der Waals surface area (Å²) in [5.74, 6) is 0. The molecule has 0 rings (SSSR count). The summed E-state index contributed by atoms with van der Waals surface area (Å²) < 4.78 is 5.14. The van der Waals surface area contributed by atoms with Crippen molar-refractivity contribution < 1.29 is 4.74 Å². The highest BCUT2D eigenvalue weighted by Gasteiger charge is 2.34. The fraction of sp³-hybridized carbons (Fsp3) is 1.00. The zero-order chi connectivity index (χ0) is 11.2. The quantitative estimate of drug-likeness (QED) is 0.679. The van der Waals surface area contributed by atoms with Gasteiger partial charge in [-0.2, -0.15) is 0 Å². The Labute approximate surface area is 88.6 Å². The normalized spacial score (nSPS) is 18.2. The molecule has 3 heteroatoms. The molecule has 3 nitrogen and oxygen atoms in total. The summed E-state index contributed by atoms with van der Waals surface area (Å²) in [6.07, 6.45) is 1.05. The Morgan fingerprint density at radius 1 is 1.29 bits per heavy atom. The third kappa shape index (κ3) is 2.94. The van der Waals surface area contributed by atoms with Gasteiger partial charge in [0.2, 0.25) is 0 Å². The summed E-state index contributed by atoms with van der Waals surface area (Å²) in [5.41, 5.74) is 6.21. The van der Waals surface area contributed by atoms with E-state index in [-0.39, 0.29) is 11.6 Å². The molecule has 0 radical (unpaired) electrons. The molecular weight excluding hydrogens is 176 g/mol. The molecule has 0 amide bonds. The van der Waals surface area contributed by atoms with Crippen molar-refractivity contribution in [3.8, 4) is 0 Å². The zero-order valence-corrected chi connectivity index (χ0v) is 10.3. The maximum Gasteiger partial charge on any atom is 0.0631 e. The van der Waals surface area contributed by atoms with Gasteiger partial charge in [-0.3, -0.25) is 4.90 Å². The van der Waals surface area contributed by atoms with Gasteiger partial charge < -0.3 is 10.5 Å². The van der Waals surface area contributed by atoms with Crippen LogP contribution in [-0.2, 0) is 4.74 Å². The highest BCUT2D eigenvalue weighted by atomic mass is 16.5. The number of rotatable bonds is 7. The highest BCUT2D eigenvalue weighted by Crippen LogP contribution is 2.22. The average Bonchev–Trinajstić information content (AvgIpc) is 2.19. The van der Waals surface area contributed by atoms with Crippen LogP contribution in [0, 0.1) is 0 Å². The van der Waals surface area contributed by atoms with Crippen LogP contribution >= 0.6 is 0 Å². The Morgan fingerprint density at radius 3 is 2.07 bits per heavy atom. The second-order valence-electron chi connectivity index (χ2n) is 3.94.